The molecule has 0 radical (unpaired) electrons. The lowest BCUT2D eigenvalue weighted by Crippen LogP contribution is -2.35. The van der Waals surface area contributed by atoms with Crippen molar-refractivity contribution in [2.75, 3.05) is 6.61 Å². The number of rotatable bonds is 3. The predicted molar refractivity (Wildman–Crippen MR) is 58.4 cm³/mol. The molecule has 0 aliphatic carbocycles. The Hall–Kier alpha value is -0.870. The number of aryl methyl sites for hydroxylation is 1. The topological polar surface area (TPSA) is 53.1 Å². The van der Waals surface area contributed by atoms with Gasteiger partial charge in [0.1, 0.15) is 6.10 Å². The first-order valence-electron chi connectivity index (χ1n) is 5.70. The van der Waals surface area contributed by atoms with Gasteiger partial charge in [-0.3, -0.25) is 0 Å². The Labute approximate surface area is 90.4 Å². The summed E-state index contributed by atoms with van der Waals surface area (Å²) in [4.78, 5) is 4.18. The molecule has 1 saturated heterocycles. The highest BCUT2D eigenvalue weighted by atomic mass is 16.5. The first-order valence-corrected chi connectivity index (χ1v) is 5.70. The van der Waals surface area contributed by atoms with Gasteiger partial charge in [-0.2, -0.15) is 0 Å². The van der Waals surface area contributed by atoms with E-state index in [4.69, 9.17) is 10.5 Å². The molecule has 84 valence electrons. The largest absolute Gasteiger partial charge is 0.370 e. The van der Waals surface area contributed by atoms with Gasteiger partial charge in [0.2, 0.25) is 0 Å². The van der Waals surface area contributed by atoms with Gasteiger partial charge in [-0.15, -0.1) is 0 Å². The number of imidazole rings is 1. The van der Waals surface area contributed by atoms with Crippen LogP contribution in [0.3, 0.4) is 0 Å². The molecule has 2 heterocycles. The van der Waals surface area contributed by atoms with Crippen molar-refractivity contribution in [1.82, 2.24) is 9.55 Å². The van der Waals surface area contributed by atoms with Gasteiger partial charge in [0, 0.05) is 19.2 Å². The highest BCUT2D eigenvalue weighted by molar-refractivity contribution is 5.07. The zero-order valence-electron chi connectivity index (χ0n) is 9.22. The Bertz CT molecular complexity index is 311. The molecule has 2 rings (SSSR count). The molecular formula is C11H19N3O. The number of hydrogen-bond donors (Lipinski definition) is 1. The zero-order chi connectivity index (χ0) is 10.7. The minimum Gasteiger partial charge on any atom is -0.370 e. The normalized spacial score (nSPS) is 26.8. The highest BCUT2D eigenvalue weighted by Gasteiger charge is 2.26. The number of aromatic nitrogens is 2. The van der Waals surface area contributed by atoms with Crippen molar-refractivity contribution in [2.45, 2.75) is 44.9 Å². The van der Waals surface area contributed by atoms with E-state index in [0.717, 1.165) is 38.1 Å². The lowest BCUT2D eigenvalue weighted by Gasteiger charge is -2.29. The van der Waals surface area contributed by atoms with E-state index < -0.39 is 0 Å². The summed E-state index contributed by atoms with van der Waals surface area (Å²) in [7, 11) is 0. The van der Waals surface area contributed by atoms with E-state index in [1.54, 1.807) is 0 Å². The quantitative estimate of drug-likeness (QED) is 0.820. The SMILES string of the molecule is CCCn1cncc1C1OCCCC1N. The maximum absolute atomic E-state index is 6.07. The molecule has 15 heavy (non-hydrogen) atoms. The second-order valence-corrected chi connectivity index (χ2v) is 4.11. The third kappa shape index (κ3) is 2.21. The average Bonchev–Trinajstić information content (AvgIpc) is 2.67. The second kappa shape index (κ2) is 4.77. The maximum atomic E-state index is 6.07. The highest BCUT2D eigenvalue weighted by Crippen LogP contribution is 2.26. The summed E-state index contributed by atoms with van der Waals surface area (Å²) in [6.45, 7) is 3.96. The summed E-state index contributed by atoms with van der Waals surface area (Å²) in [5, 5.41) is 0. The first kappa shape index (κ1) is 10.6. The molecule has 0 bridgehead atoms. The fourth-order valence-corrected chi connectivity index (χ4v) is 2.10. The molecule has 1 aromatic heterocycles. The Kier molecular flexibility index (Phi) is 3.38. The molecule has 1 aromatic rings. The molecule has 2 atom stereocenters. The molecule has 1 fully saturated rings. The van der Waals surface area contributed by atoms with Gasteiger partial charge in [-0.05, 0) is 19.3 Å². The molecule has 2 N–H and O–H groups in total. The number of ether oxygens (including phenoxy) is 1. The molecule has 2 unspecified atom stereocenters. The molecule has 1 aliphatic rings. The summed E-state index contributed by atoms with van der Waals surface area (Å²) in [5.74, 6) is 0. The van der Waals surface area contributed by atoms with Crippen LogP contribution in [0.25, 0.3) is 0 Å². The van der Waals surface area contributed by atoms with E-state index in [1.165, 1.54) is 0 Å². The van der Waals surface area contributed by atoms with Crippen LogP contribution in [0.4, 0.5) is 0 Å². The van der Waals surface area contributed by atoms with Crippen molar-refractivity contribution in [3.63, 3.8) is 0 Å². The molecule has 0 spiro atoms. The van der Waals surface area contributed by atoms with Crippen molar-refractivity contribution in [1.29, 1.82) is 0 Å². The summed E-state index contributed by atoms with van der Waals surface area (Å²) in [5.41, 5.74) is 7.20. The Balaban J connectivity index is 2.15. The zero-order valence-corrected chi connectivity index (χ0v) is 9.22. The van der Waals surface area contributed by atoms with Gasteiger partial charge in [0.15, 0.2) is 0 Å². The van der Waals surface area contributed by atoms with Crippen LogP contribution in [0.5, 0.6) is 0 Å². The first-order chi connectivity index (χ1) is 7.33. The maximum Gasteiger partial charge on any atom is 0.114 e. The van der Waals surface area contributed by atoms with Gasteiger partial charge < -0.3 is 15.0 Å². The van der Waals surface area contributed by atoms with E-state index in [2.05, 4.69) is 16.5 Å². The van der Waals surface area contributed by atoms with Crippen LogP contribution in [0, 0.1) is 0 Å². The third-order valence-electron chi connectivity index (χ3n) is 2.87. The lowest BCUT2D eigenvalue weighted by atomic mass is 10.0. The van der Waals surface area contributed by atoms with Gasteiger partial charge in [0.25, 0.3) is 0 Å². The molecule has 0 amide bonds. The summed E-state index contributed by atoms with van der Waals surface area (Å²) in [6.07, 6.45) is 7.00. The molecule has 0 aromatic carbocycles. The molecular weight excluding hydrogens is 190 g/mol. The average molecular weight is 209 g/mol. The molecule has 0 saturated carbocycles. The van der Waals surface area contributed by atoms with Crippen molar-refractivity contribution in [3.05, 3.63) is 18.2 Å². The lowest BCUT2D eigenvalue weighted by molar-refractivity contribution is -0.00454. The Morgan fingerprint density at radius 2 is 2.53 bits per heavy atom. The van der Waals surface area contributed by atoms with Crippen LogP contribution in [0.1, 0.15) is 38.0 Å². The second-order valence-electron chi connectivity index (χ2n) is 4.11. The fourth-order valence-electron chi connectivity index (χ4n) is 2.10. The van der Waals surface area contributed by atoms with Gasteiger partial charge >= 0.3 is 0 Å². The number of nitrogens with two attached hydrogens (primary N) is 1. The van der Waals surface area contributed by atoms with Crippen LogP contribution in [-0.4, -0.2) is 22.2 Å². The predicted octanol–water partition coefficient (Wildman–Crippen LogP) is 1.47. The minimum absolute atomic E-state index is 0.0350. The van der Waals surface area contributed by atoms with Gasteiger partial charge in [-0.25, -0.2) is 4.98 Å². The van der Waals surface area contributed by atoms with Crippen LogP contribution in [-0.2, 0) is 11.3 Å². The Morgan fingerprint density at radius 1 is 1.67 bits per heavy atom. The molecule has 1 aliphatic heterocycles. The van der Waals surface area contributed by atoms with E-state index in [1.807, 2.05) is 12.5 Å². The van der Waals surface area contributed by atoms with Gasteiger partial charge in [-0.1, -0.05) is 6.92 Å². The van der Waals surface area contributed by atoms with E-state index in [9.17, 15) is 0 Å². The Morgan fingerprint density at radius 3 is 3.27 bits per heavy atom. The summed E-state index contributed by atoms with van der Waals surface area (Å²) >= 11 is 0. The van der Waals surface area contributed by atoms with Crippen molar-refractivity contribution >= 4 is 0 Å². The number of hydrogen-bond acceptors (Lipinski definition) is 3. The fraction of sp³-hybridized carbons (Fsp3) is 0.727. The summed E-state index contributed by atoms with van der Waals surface area (Å²) < 4.78 is 7.88. The van der Waals surface area contributed by atoms with E-state index >= 15 is 0 Å². The van der Waals surface area contributed by atoms with Crippen LogP contribution in [0.15, 0.2) is 12.5 Å². The van der Waals surface area contributed by atoms with Crippen LogP contribution >= 0.6 is 0 Å². The van der Waals surface area contributed by atoms with Crippen molar-refractivity contribution < 1.29 is 4.74 Å². The third-order valence-corrected chi connectivity index (χ3v) is 2.87. The standard InChI is InChI=1S/C11H19N3O/c1-2-5-14-8-13-7-10(14)11-9(12)4-3-6-15-11/h7-9,11H,2-6,12H2,1H3. The van der Waals surface area contributed by atoms with Crippen molar-refractivity contribution in [3.8, 4) is 0 Å². The summed E-state index contributed by atoms with van der Waals surface area (Å²) in [6, 6.07) is 0.117. The van der Waals surface area contributed by atoms with Crippen molar-refractivity contribution in [2.24, 2.45) is 5.73 Å². The van der Waals surface area contributed by atoms with Crippen LogP contribution < -0.4 is 5.73 Å². The van der Waals surface area contributed by atoms with Gasteiger partial charge in [0.05, 0.1) is 18.2 Å². The molecule has 4 heteroatoms. The van der Waals surface area contributed by atoms with Crippen LogP contribution in [0.2, 0.25) is 0 Å². The van der Waals surface area contributed by atoms with E-state index in [0.29, 0.717) is 0 Å². The van der Waals surface area contributed by atoms with E-state index in [-0.39, 0.29) is 12.1 Å². The smallest absolute Gasteiger partial charge is 0.114 e. The number of nitrogens with zero attached hydrogens (tertiary/aromatic N) is 2. The molecule has 4 nitrogen and oxygen atoms in total. The minimum atomic E-state index is 0.0350. The monoisotopic (exact) mass is 209 g/mol.